The van der Waals surface area contributed by atoms with E-state index in [0.29, 0.717) is 22.2 Å². The summed E-state index contributed by atoms with van der Waals surface area (Å²) in [6.45, 7) is 8.71. The second kappa shape index (κ2) is 9.21. The summed E-state index contributed by atoms with van der Waals surface area (Å²) >= 11 is 1.49. The van der Waals surface area contributed by atoms with E-state index in [1.807, 2.05) is 31.2 Å². The molecular formula is C24H31NO4S. The first kappa shape index (κ1) is 22.3. The van der Waals surface area contributed by atoms with Crippen LogP contribution < -0.4 is 10.1 Å². The molecule has 0 fully saturated rings. The number of carbonyl (C=O) groups excluding carboxylic acids is 2. The summed E-state index contributed by atoms with van der Waals surface area (Å²) in [5.41, 5.74) is 2.80. The average Bonchev–Trinajstić information content (AvgIpc) is 3.08. The Morgan fingerprint density at radius 2 is 1.97 bits per heavy atom. The minimum Gasteiger partial charge on any atom is -0.483 e. The molecular weight excluding hydrogens is 398 g/mol. The smallest absolute Gasteiger partial charge is 0.341 e. The number of esters is 1. The van der Waals surface area contributed by atoms with Crippen LogP contribution >= 0.6 is 11.3 Å². The second-order valence-electron chi connectivity index (χ2n) is 8.80. The molecule has 6 heteroatoms. The zero-order valence-electron chi connectivity index (χ0n) is 18.5. The van der Waals surface area contributed by atoms with Crippen molar-refractivity contribution in [3.05, 3.63) is 45.8 Å². The van der Waals surface area contributed by atoms with Crippen LogP contribution in [-0.2, 0) is 28.8 Å². The Hall–Kier alpha value is -2.34. The summed E-state index contributed by atoms with van der Waals surface area (Å²) in [5.74, 6) is 0.583. The number of hydrogen-bond acceptors (Lipinski definition) is 5. The largest absolute Gasteiger partial charge is 0.483 e. The SMILES string of the molecule is CCc1ccccc1OCC(=O)Nc1sc2c(c1C(=O)OC)CCC(C(C)(C)C)C2. The van der Waals surface area contributed by atoms with Gasteiger partial charge in [-0.2, -0.15) is 0 Å². The van der Waals surface area contributed by atoms with Crippen molar-refractivity contribution < 1.29 is 19.1 Å². The summed E-state index contributed by atoms with van der Waals surface area (Å²) in [6.07, 6.45) is 3.61. The topological polar surface area (TPSA) is 64.6 Å². The Labute approximate surface area is 182 Å². The van der Waals surface area contributed by atoms with Crippen LogP contribution in [0.4, 0.5) is 5.00 Å². The molecule has 1 unspecified atom stereocenters. The number of thiophene rings is 1. The highest BCUT2D eigenvalue weighted by Crippen LogP contribution is 2.44. The molecule has 1 N–H and O–H groups in total. The fourth-order valence-corrected chi connectivity index (χ4v) is 5.31. The molecule has 0 saturated heterocycles. The molecule has 0 saturated carbocycles. The molecule has 5 nitrogen and oxygen atoms in total. The van der Waals surface area contributed by atoms with Gasteiger partial charge in [-0.1, -0.05) is 45.9 Å². The molecule has 0 spiro atoms. The number of nitrogens with one attached hydrogen (secondary N) is 1. The van der Waals surface area contributed by atoms with Crippen LogP contribution in [-0.4, -0.2) is 25.6 Å². The lowest BCUT2D eigenvalue weighted by molar-refractivity contribution is -0.118. The van der Waals surface area contributed by atoms with Gasteiger partial charge in [0.2, 0.25) is 0 Å². The van der Waals surface area contributed by atoms with Gasteiger partial charge in [-0.15, -0.1) is 11.3 Å². The summed E-state index contributed by atoms with van der Waals surface area (Å²) in [6, 6.07) is 7.69. The maximum absolute atomic E-state index is 12.6. The normalized spacial score (nSPS) is 16.0. The maximum Gasteiger partial charge on any atom is 0.341 e. The van der Waals surface area contributed by atoms with Gasteiger partial charge in [0.1, 0.15) is 10.8 Å². The van der Waals surface area contributed by atoms with Crippen LogP contribution in [0.2, 0.25) is 0 Å². The van der Waals surface area contributed by atoms with Gasteiger partial charge in [0, 0.05) is 4.88 Å². The fraction of sp³-hybridized carbons (Fsp3) is 0.500. The van der Waals surface area contributed by atoms with Crippen molar-refractivity contribution in [2.45, 2.75) is 53.4 Å². The van der Waals surface area contributed by atoms with Crippen LogP contribution in [0, 0.1) is 11.3 Å². The van der Waals surface area contributed by atoms with E-state index in [-0.39, 0.29) is 17.9 Å². The third-order valence-electron chi connectivity index (χ3n) is 5.84. The standard InChI is InChI=1S/C24H31NO4S/c1-6-15-9-7-8-10-18(15)29-14-20(26)25-22-21(23(27)28-5)17-12-11-16(24(2,3)4)13-19(17)30-22/h7-10,16H,6,11-14H2,1-5H3,(H,25,26). The lowest BCUT2D eigenvalue weighted by Crippen LogP contribution is -2.26. The molecule has 1 amide bonds. The first-order valence-electron chi connectivity index (χ1n) is 10.5. The molecule has 162 valence electrons. The molecule has 1 aliphatic carbocycles. The van der Waals surface area contributed by atoms with Gasteiger partial charge in [-0.25, -0.2) is 4.79 Å². The minimum absolute atomic E-state index is 0.106. The zero-order chi connectivity index (χ0) is 21.9. The Kier molecular flexibility index (Phi) is 6.86. The number of anilines is 1. The van der Waals surface area contributed by atoms with E-state index in [2.05, 4.69) is 26.1 Å². The van der Waals surface area contributed by atoms with E-state index in [4.69, 9.17) is 9.47 Å². The van der Waals surface area contributed by atoms with Gasteiger partial charge in [-0.05, 0) is 54.2 Å². The molecule has 1 aromatic carbocycles. The van der Waals surface area contributed by atoms with Crippen LogP contribution in [0.3, 0.4) is 0 Å². The van der Waals surface area contributed by atoms with E-state index in [0.717, 1.165) is 36.8 Å². The van der Waals surface area contributed by atoms with Crippen molar-refractivity contribution in [1.82, 2.24) is 0 Å². The highest BCUT2D eigenvalue weighted by atomic mass is 32.1. The van der Waals surface area contributed by atoms with Crippen LogP contribution in [0.25, 0.3) is 0 Å². The molecule has 0 bridgehead atoms. The molecule has 1 aliphatic rings. The third kappa shape index (κ3) is 4.86. The second-order valence-corrected chi connectivity index (χ2v) is 9.91. The minimum atomic E-state index is -0.394. The number of hydrogen-bond donors (Lipinski definition) is 1. The first-order chi connectivity index (χ1) is 14.2. The number of carbonyl (C=O) groups is 2. The predicted octanol–water partition coefficient (Wildman–Crippen LogP) is 5.27. The van der Waals surface area contributed by atoms with Crippen molar-refractivity contribution in [3.63, 3.8) is 0 Å². The number of fused-ring (bicyclic) bond motifs is 1. The third-order valence-corrected chi connectivity index (χ3v) is 7.01. The van der Waals surface area contributed by atoms with E-state index < -0.39 is 5.97 Å². The summed E-state index contributed by atoms with van der Waals surface area (Å²) in [5, 5.41) is 3.47. The molecule has 3 rings (SSSR count). The van der Waals surface area contributed by atoms with Gasteiger partial charge < -0.3 is 14.8 Å². The quantitative estimate of drug-likeness (QED) is 0.636. The van der Waals surface area contributed by atoms with Crippen molar-refractivity contribution in [1.29, 1.82) is 0 Å². The molecule has 0 radical (unpaired) electrons. The number of para-hydroxylation sites is 1. The van der Waals surface area contributed by atoms with Crippen LogP contribution in [0.15, 0.2) is 24.3 Å². The van der Waals surface area contributed by atoms with Crippen molar-refractivity contribution in [2.24, 2.45) is 11.3 Å². The average molecular weight is 430 g/mol. The predicted molar refractivity (Wildman–Crippen MR) is 121 cm³/mol. The lowest BCUT2D eigenvalue weighted by atomic mass is 9.72. The number of amides is 1. The molecule has 1 heterocycles. The Bertz CT molecular complexity index is 926. The van der Waals surface area contributed by atoms with E-state index >= 15 is 0 Å². The molecule has 30 heavy (non-hydrogen) atoms. The van der Waals surface area contributed by atoms with E-state index in [1.165, 1.54) is 23.3 Å². The monoisotopic (exact) mass is 429 g/mol. The van der Waals surface area contributed by atoms with Crippen LogP contribution in [0.5, 0.6) is 5.75 Å². The van der Waals surface area contributed by atoms with Crippen LogP contribution in [0.1, 0.15) is 60.5 Å². The summed E-state index contributed by atoms with van der Waals surface area (Å²) < 4.78 is 10.8. The molecule has 0 aliphatic heterocycles. The van der Waals surface area contributed by atoms with Crippen molar-refractivity contribution >= 4 is 28.2 Å². The molecule has 2 aromatic rings. The van der Waals surface area contributed by atoms with Gasteiger partial charge >= 0.3 is 5.97 Å². The Morgan fingerprint density at radius 3 is 2.63 bits per heavy atom. The Balaban J connectivity index is 1.77. The highest BCUT2D eigenvalue weighted by Gasteiger charge is 2.34. The van der Waals surface area contributed by atoms with Gasteiger partial charge in [0.15, 0.2) is 6.61 Å². The van der Waals surface area contributed by atoms with Crippen molar-refractivity contribution in [3.8, 4) is 5.75 Å². The first-order valence-corrected chi connectivity index (χ1v) is 11.3. The lowest BCUT2D eigenvalue weighted by Gasteiger charge is -2.33. The summed E-state index contributed by atoms with van der Waals surface area (Å²) in [7, 11) is 1.38. The highest BCUT2D eigenvalue weighted by molar-refractivity contribution is 7.17. The van der Waals surface area contributed by atoms with Gasteiger partial charge in [-0.3, -0.25) is 4.79 Å². The van der Waals surface area contributed by atoms with Gasteiger partial charge in [0.05, 0.1) is 12.7 Å². The van der Waals surface area contributed by atoms with Crippen molar-refractivity contribution in [2.75, 3.05) is 19.0 Å². The molecule has 1 atom stereocenters. The number of aryl methyl sites for hydroxylation is 1. The Morgan fingerprint density at radius 1 is 1.23 bits per heavy atom. The number of methoxy groups -OCH3 is 1. The number of ether oxygens (including phenoxy) is 2. The summed E-state index contributed by atoms with van der Waals surface area (Å²) in [4.78, 5) is 26.3. The maximum atomic E-state index is 12.6. The zero-order valence-corrected chi connectivity index (χ0v) is 19.3. The van der Waals surface area contributed by atoms with E-state index in [1.54, 1.807) is 0 Å². The number of rotatable bonds is 6. The molecule has 1 aromatic heterocycles. The van der Waals surface area contributed by atoms with E-state index in [9.17, 15) is 9.59 Å². The van der Waals surface area contributed by atoms with Gasteiger partial charge in [0.25, 0.3) is 5.91 Å². The number of benzene rings is 1. The fourth-order valence-electron chi connectivity index (χ4n) is 3.97.